The van der Waals surface area contributed by atoms with Gasteiger partial charge < -0.3 is 19.8 Å². The van der Waals surface area contributed by atoms with Gasteiger partial charge in [0.1, 0.15) is 23.8 Å². The Labute approximate surface area is 208 Å². The highest BCUT2D eigenvalue weighted by molar-refractivity contribution is 5.76. The first kappa shape index (κ1) is 24.6. The molecule has 1 amide bonds. The number of hydrogen-bond acceptors (Lipinski definition) is 7. The van der Waals surface area contributed by atoms with E-state index in [9.17, 15) is 9.59 Å². The summed E-state index contributed by atoms with van der Waals surface area (Å²) in [5.41, 5.74) is 2.46. The Morgan fingerprint density at radius 3 is 2.58 bits per heavy atom. The number of benzene rings is 2. The van der Waals surface area contributed by atoms with E-state index < -0.39 is 0 Å². The van der Waals surface area contributed by atoms with Crippen LogP contribution in [0.3, 0.4) is 0 Å². The van der Waals surface area contributed by atoms with E-state index in [1.165, 1.54) is 0 Å². The highest BCUT2D eigenvalue weighted by Crippen LogP contribution is 2.20. The van der Waals surface area contributed by atoms with E-state index in [4.69, 9.17) is 9.47 Å². The van der Waals surface area contributed by atoms with Gasteiger partial charge in [-0.3, -0.25) is 14.6 Å². The number of aromatic nitrogens is 4. The number of hydrogen-bond donors (Lipinski definition) is 2. The Hall–Kier alpha value is -4.53. The average molecular weight is 486 g/mol. The fraction of sp³-hybridized carbons (Fsp3) is 0.222. The molecule has 0 spiro atoms. The van der Waals surface area contributed by atoms with Crippen LogP contribution >= 0.6 is 0 Å². The highest BCUT2D eigenvalue weighted by atomic mass is 16.5. The fourth-order valence-electron chi connectivity index (χ4n) is 3.49. The first-order chi connectivity index (χ1) is 17.6. The number of aromatic amines is 1. The molecule has 184 valence electrons. The lowest BCUT2D eigenvalue weighted by molar-refractivity contribution is -0.121. The molecule has 0 aliphatic heterocycles. The molecule has 36 heavy (non-hydrogen) atoms. The van der Waals surface area contributed by atoms with Gasteiger partial charge >= 0.3 is 0 Å². The number of ether oxygens (including phenoxy) is 2. The Morgan fingerprint density at radius 2 is 1.83 bits per heavy atom. The Morgan fingerprint density at radius 1 is 0.972 bits per heavy atom. The van der Waals surface area contributed by atoms with Crippen molar-refractivity contribution in [2.24, 2.45) is 0 Å². The minimum Gasteiger partial charge on any atom is -0.497 e. The van der Waals surface area contributed by atoms with Crippen LogP contribution in [0.4, 0.5) is 0 Å². The number of aryl methyl sites for hydroxylation is 1. The monoisotopic (exact) mass is 485 g/mol. The summed E-state index contributed by atoms with van der Waals surface area (Å²) >= 11 is 0. The van der Waals surface area contributed by atoms with Crippen LogP contribution in [-0.2, 0) is 24.2 Å². The molecule has 0 unspecified atom stereocenters. The molecule has 0 saturated carbocycles. The molecule has 9 heteroatoms. The third-order valence-electron chi connectivity index (χ3n) is 5.45. The van der Waals surface area contributed by atoms with Crippen LogP contribution in [0.15, 0.2) is 77.7 Å². The van der Waals surface area contributed by atoms with E-state index in [1.807, 2.05) is 42.5 Å². The van der Waals surface area contributed by atoms with Gasteiger partial charge in [0.15, 0.2) is 5.82 Å². The Bertz CT molecular complexity index is 1340. The van der Waals surface area contributed by atoms with Crippen molar-refractivity contribution in [3.05, 3.63) is 100 Å². The lowest BCUT2D eigenvalue weighted by Gasteiger charge is -2.08. The summed E-state index contributed by atoms with van der Waals surface area (Å²) < 4.78 is 11.1. The predicted octanol–water partition coefficient (Wildman–Crippen LogP) is 3.11. The van der Waals surface area contributed by atoms with Crippen LogP contribution in [0.2, 0.25) is 0 Å². The smallest absolute Gasteiger partial charge is 0.273 e. The van der Waals surface area contributed by atoms with Crippen molar-refractivity contribution in [3.63, 3.8) is 0 Å². The molecule has 0 aliphatic carbocycles. The molecule has 2 heterocycles. The minimum atomic E-state index is -0.361. The van der Waals surface area contributed by atoms with Gasteiger partial charge in [0.05, 0.1) is 7.11 Å². The van der Waals surface area contributed by atoms with E-state index in [1.54, 1.807) is 37.6 Å². The van der Waals surface area contributed by atoms with Gasteiger partial charge in [-0.1, -0.05) is 18.2 Å². The molecular formula is C27H27N5O4. The Balaban J connectivity index is 1.27. The summed E-state index contributed by atoms with van der Waals surface area (Å²) in [6.45, 7) is 0.884. The lowest BCUT2D eigenvalue weighted by Crippen LogP contribution is -2.27. The molecule has 0 fully saturated rings. The average Bonchev–Trinajstić information content (AvgIpc) is 2.92. The summed E-state index contributed by atoms with van der Waals surface area (Å²) in [4.78, 5) is 31.5. The first-order valence-electron chi connectivity index (χ1n) is 11.6. The van der Waals surface area contributed by atoms with Crippen LogP contribution in [-0.4, -0.2) is 39.7 Å². The number of nitrogens with zero attached hydrogens (tertiary/aromatic N) is 3. The number of amides is 1. The van der Waals surface area contributed by atoms with E-state index in [0.717, 1.165) is 17.0 Å². The summed E-state index contributed by atoms with van der Waals surface area (Å²) in [6.07, 6.45) is 2.72. The van der Waals surface area contributed by atoms with Crippen LogP contribution in [0.1, 0.15) is 23.4 Å². The molecule has 0 bridgehead atoms. The van der Waals surface area contributed by atoms with E-state index in [2.05, 4.69) is 25.5 Å². The predicted molar refractivity (Wildman–Crippen MR) is 135 cm³/mol. The van der Waals surface area contributed by atoms with Gasteiger partial charge in [0, 0.05) is 43.3 Å². The molecule has 0 saturated heterocycles. The third kappa shape index (κ3) is 6.99. The zero-order valence-electron chi connectivity index (χ0n) is 19.9. The zero-order chi connectivity index (χ0) is 25.2. The second-order valence-corrected chi connectivity index (χ2v) is 8.04. The van der Waals surface area contributed by atoms with Gasteiger partial charge in [0.2, 0.25) is 5.91 Å². The molecule has 4 rings (SSSR count). The van der Waals surface area contributed by atoms with Crippen molar-refractivity contribution in [1.29, 1.82) is 0 Å². The summed E-state index contributed by atoms with van der Waals surface area (Å²) in [5.74, 6) is 1.66. The van der Waals surface area contributed by atoms with Gasteiger partial charge in [-0.2, -0.15) is 0 Å². The topological polar surface area (TPSA) is 119 Å². The van der Waals surface area contributed by atoms with E-state index in [0.29, 0.717) is 36.7 Å². The molecule has 2 aromatic heterocycles. The summed E-state index contributed by atoms with van der Waals surface area (Å²) in [5, 5.41) is 11.0. The summed E-state index contributed by atoms with van der Waals surface area (Å²) in [6, 6.07) is 20.5. The number of pyridine rings is 1. The van der Waals surface area contributed by atoms with Crippen LogP contribution < -0.4 is 20.3 Å². The van der Waals surface area contributed by atoms with E-state index >= 15 is 0 Å². The van der Waals surface area contributed by atoms with Crippen LogP contribution in [0, 0.1) is 0 Å². The fourth-order valence-corrected chi connectivity index (χ4v) is 3.49. The number of nitrogens with one attached hydrogen (secondary N) is 2. The van der Waals surface area contributed by atoms with Gasteiger partial charge in [-0.05, 0) is 54.1 Å². The SMILES string of the molecule is COc1cccc(COc2ccc(-c3nnc(CCC(=O)NCCc4ccccn4)c(=O)[nH]3)cc2)c1. The zero-order valence-corrected chi connectivity index (χ0v) is 19.9. The quantitative estimate of drug-likeness (QED) is 0.335. The van der Waals surface area contributed by atoms with Crippen LogP contribution in [0.5, 0.6) is 11.5 Å². The lowest BCUT2D eigenvalue weighted by atomic mass is 10.2. The van der Waals surface area contributed by atoms with E-state index in [-0.39, 0.29) is 30.0 Å². The standard InChI is InChI=1S/C27H27N5O4/c1-35-23-7-4-5-19(17-23)18-36-22-10-8-20(9-11-22)26-30-27(34)24(31-32-26)12-13-25(33)29-16-14-21-6-2-3-15-28-21/h2-11,15,17H,12-14,16,18H2,1H3,(H,29,33)(H,30,32,34). The maximum atomic E-state index is 12.5. The molecule has 9 nitrogen and oxygen atoms in total. The number of carbonyl (C=O) groups excluding carboxylic acids is 1. The van der Waals surface area contributed by atoms with Crippen LogP contribution in [0.25, 0.3) is 11.4 Å². The van der Waals surface area contributed by atoms with Crippen molar-refractivity contribution >= 4 is 5.91 Å². The van der Waals surface area contributed by atoms with Gasteiger partial charge in [-0.15, -0.1) is 10.2 Å². The minimum absolute atomic E-state index is 0.151. The van der Waals surface area contributed by atoms with Crippen molar-refractivity contribution in [2.75, 3.05) is 13.7 Å². The van der Waals surface area contributed by atoms with Gasteiger partial charge in [0.25, 0.3) is 5.56 Å². The van der Waals surface area contributed by atoms with Crippen molar-refractivity contribution in [2.45, 2.75) is 25.9 Å². The van der Waals surface area contributed by atoms with Gasteiger partial charge in [-0.25, -0.2) is 0 Å². The Kier molecular flexibility index (Phi) is 8.37. The maximum absolute atomic E-state index is 12.5. The normalized spacial score (nSPS) is 10.6. The van der Waals surface area contributed by atoms with Crippen molar-refractivity contribution in [3.8, 4) is 22.9 Å². The van der Waals surface area contributed by atoms with Crippen molar-refractivity contribution in [1.82, 2.24) is 25.5 Å². The first-order valence-corrected chi connectivity index (χ1v) is 11.6. The molecule has 0 aliphatic rings. The number of carbonyl (C=O) groups is 1. The molecule has 2 aromatic carbocycles. The highest BCUT2D eigenvalue weighted by Gasteiger charge is 2.10. The number of methoxy groups -OCH3 is 1. The molecule has 0 radical (unpaired) electrons. The second-order valence-electron chi connectivity index (χ2n) is 8.04. The molecule has 4 aromatic rings. The molecule has 2 N–H and O–H groups in total. The maximum Gasteiger partial charge on any atom is 0.273 e. The second kappa shape index (κ2) is 12.3. The largest absolute Gasteiger partial charge is 0.497 e. The third-order valence-corrected chi connectivity index (χ3v) is 5.45. The van der Waals surface area contributed by atoms with Crippen molar-refractivity contribution < 1.29 is 14.3 Å². The number of rotatable bonds is 11. The molecular weight excluding hydrogens is 458 g/mol. The summed E-state index contributed by atoms with van der Waals surface area (Å²) in [7, 11) is 1.63. The number of H-pyrrole nitrogens is 1. The molecule has 0 atom stereocenters.